The van der Waals surface area contributed by atoms with Gasteiger partial charge < -0.3 is 5.11 Å². The topological polar surface area (TPSA) is 78.2 Å². The first kappa shape index (κ1) is 13.8. The van der Waals surface area contributed by atoms with E-state index < -0.39 is 14.7 Å². The number of nitrogens with zero attached hydrogens (tertiary/aromatic N) is 1. The van der Waals surface area contributed by atoms with Crippen LogP contribution in [0.25, 0.3) is 6.08 Å². The highest BCUT2D eigenvalue weighted by molar-refractivity contribution is 7.95. The van der Waals surface area contributed by atoms with Crippen molar-refractivity contribution in [1.82, 2.24) is 0 Å². The fourth-order valence-electron chi connectivity index (χ4n) is 1.65. The number of hydrogen-bond donors (Lipinski definition) is 1. The van der Waals surface area contributed by atoms with Crippen LogP contribution in [0.2, 0.25) is 0 Å². The van der Waals surface area contributed by atoms with Gasteiger partial charge in [-0.15, -0.1) is 0 Å². The van der Waals surface area contributed by atoms with E-state index in [1.165, 1.54) is 24.3 Å². The third kappa shape index (κ3) is 2.71. The van der Waals surface area contributed by atoms with Crippen LogP contribution in [0.15, 0.2) is 64.4 Å². The summed E-state index contributed by atoms with van der Waals surface area (Å²) < 4.78 is 24.6. The Morgan fingerprint density at radius 3 is 2.25 bits per heavy atom. The van der Waals surface area contributed by atoms with Gasteiger partial charge in [-0.3, -0.25) is 0 Å². The Morgan fingerprint density at radius 1 is 1.05 bits per heavy atom. The molecular weight excluding hydrogens is 274 g/mol. The molecule has 0 aliphatic heterocycles. The summed E-state index contributed by atoms with van der Waals surface area (Å²) in [7, 11) is -3.88. The van der Waals surface area contributed by atoms with Gasteiger partial charge in [-0.25, -0.2) is 8.42 Å². The standard InChI is InChI=1S/C15H11NO3S/c16-11-14(10-12-6-4-5-9-15(12)17)20(18,19)13-7-2-1-3-8-13/h1-10,17H. The molecule has 0 aromatic heterocycles. The van der Waals surface area contributed by atoms with Gasteiger partial charge in [0.1, 0.15) is 16.7 Å². The molecule has 0 aliphatic rings. The lowest BCUT2D eigenvalue weighted by atomic mass is 10.2. The Labute approximate surface area is 117 Å². The Hall–Kier alpha value is -2.58. The van der Waals surface area contributed by atoms with Crippen LogP contribution in [0.3, 0.4) is 0 Å². The molecule has 0 aliphatic carbocycles. The summed E-state index contributed by atoms with van der Waals surface area (Å²) in [4.78, 5) is -0.367. The smallest absolute Gasteiger partial charge is 0.216 e. The van der Waals surface area contributed by atoms with Gasteiger partial charge in [0.15, 0.2) is 0 Å². The summed E-state index contributed by atoms with van der Waals surface area (Å²) in [5, 5.41) is 18.7. The molecule has 1 N–H and O–H groups in total. The van der Waals surface area contributed by atoms with E-state index >= 15 is 0 Å². The molecule has 0 spiro atoms. The molecule has 100 valence electrons. The molecule has 2 aromatic rings. The van der Waals surface area contributed by atoms with Gasteiger partial charge in [-0.1, -0.05) is 36.4 Å². The highest BCUT2D eigenvalue weighted by atomic mass is 32.2. The fraction of sp³-hybridized carbons (Fsp3) is 0. The van der Waals surface area contributed by atoms with Gasteiger partial charge in [0.2, 0.25) is 9.84 Å². The lowest BCUT2D eigenvalue weighted by Crippen LogP contribution is -2.03. The molecule has 0 fully saturated rings. The van der Waals surface area contributed by atoms with Crippen molar-refractivity contribution in [3.63, 3.8) is 0 Å². The van der Waals surface area contributed by atoms with Gasteiger partial charge in [0.05, 0.1) is 4.90 Å². The maximum Gasteiger partial charge on any atom is 0.216 e. The van der Waals surface area contributed by atoms with Crippen LogP contribution in [0.1, 0.15) is 5.56 Å². The van der Waals surface area contributed by atoms with Gasteiger partial charge >= 0.3 is 0 Å². The summed E-state index contributed by atoms with van der Waals surface area (Å²) in [6.45, 7) is 0. The predicted octanol–water partition coefficient (Wildman–Crippen LogP) is 2.73. The first-order valence-electron chi connectivity index (χ1n) is 5.75. The number of aromatic hydroxyl groups is 1. The maximum absolute atomic E-state index is 12.3. The maximum atomic E-state index is 12.3. The number of rotatable bonds is 3. The van der Waals surface area contributed by atoms with Crippen molar-refractivity contribution in [2.45, 2.75) is 4.90 Å². The van der Waals surface area contributed by atoms with Gasteiger partial charge in [0, 0.05) is 5.56 Å². The zero-order valence-electron chi connectivity index (χ0n) is 10.4. The monoisotopic (exact) mass is 285 g/mol. The third-order valence-electron chi connectivity index (χ3n) is 2.68. The van der Waals surface area contributed by atoms with Crippen LogP contribution >= 0.6 is 0 Å². The molecule has 2 rings (SSSR count). The second-order valence-electron chi connectivity index (χ2n) is 4.00. The van der Waals surface area contributed by atoms with E-state index in [9.17, 15) is 13.5 Å². The Balaban J connectivity index is 2.55. The van der Waals surface area contributed by atoms with Crippen molar-refractivity contribution in [1.29, 1.82) is 5.26 Å². The van der Waals surface area contributed by atoms with Crippen LogP contribution in [-0.2, 0) is 9.84 Å². The minimum atomic E-state index is -3.88. The Bertz CT molecular complexity index is 787. The number of sulfone groups is 1. The Kier molecular flexibility index (Phi) is 3.87. The van der Waals surface area contributed by atoms with E-state index in [1.54, 1.807) is 36.4 Å². The number of phenolic OH excluding ortho intramolecular Hbond substituents is 1. The minimum Gasteiger partial charge on any atom is -0.507 e. The highest BCUT2D eigenvalue weighted by Crippen LogP contribution is 2.24. The van der Waals surface area contributed by atoms with Crippen molar-refractivity contribution < 1.29 is 13.5 Å². The second-order valence-corrected chi connectivity index (χ2v) is 5.91. The molecule has 0 bridgehead atoms. The number of nitriles is 1. The SMILES string of the molecule is N#CC(=Cc1ccccc1O)S(=O)(=O)c1ccccc1. The van der Waals surface area contributed by atoms with E-state index in [0.717, 1.165) is 6.08 Å². The molecule has 0 unspecified atom stereocenters. The van der Waals surface area contributed by atoms with Crippen LogP contribution < -0.4 is 0 Å². The van der Waals surface area contributed by atoms with Crippen LogP contribution in [0.4, 0.5) is 0 Å². The van der Waals surface area contributed by atoms with Crippen LogP contribution in [0, 0.1) is 11.3 Å². The summed E-state index contributed by atoms with van der Waals surface area (Å²) in [6.07, 6.45) is 1.16. The average molecular weight is 285 g/mol. The quantitative estimate of drug-likeness (QED) is 0.879. The lowest BCUT2D eigenvalue weighted by Gasteiger charge is -2.03. The molecule has 0 heterocycles. The van der Waals surface area contributed by atoms with Crippen molar-refractivity contribution >= 4 is 15.9 Å². The van der Waals surface area contributed by atoms with Crippen molar-refractivity contribution in [2.24, 2.45) is 0 Å². The van der Waals surface area contributed by atoms with Crippen LogP contribution in [0.5, 0.6) is 5.75 Å². The van der Waals surface area contributed by atoms with Gasteiger partial charge in [0.25, 0.3) is 0 Å². The summed E-state index contributed by atoms with van der Waals surface area (Å²) in [5.41, 5.74) is 0.281. The highest BCUT2D eigenvalue weighted by Gasteiger charge is 2.20. The van der Waals surface area contributed by atoms with E-state index in [2.05, 4.69) is 0 Å². The third-order valence-corrected chi connectivity index (χ3v) is 4.36. The first-order valence-corrected chi connectivity index (χ1v) is 7.24. The summed E-state index contributed by atoms with van der Waals surface area (Å²) in [6, 6.07) is 15.6. The number of allylic oxidation sites excluding steroid dienone is 1. The molecule has 4 nitrogen and oxygen atoms in total. The van der Waals surface area contributed by atoms with Crippen molar-refractivity contribution in [3.05, 3.63) is 65.1 Å². The first-order chi connectivity index (χ1) is 9.55. The molecule has 0 atom stereocenters. The number of phenols is 1. The normalized spacial score (nSPS) is 11.8. The fourth-order valence-corrected chi connectivity index (χ4v) is 2.82. The van der Waals surface area contributed by atoms with Crippen molar-refractivity contribution in [3.8, 4) is 11.8 Å². The van der Waals surface area contributed by atoms with E-state index in [1.807, 2.05) is 0 Å². The summed E-state index contributed by atoms with van der Waals surface area (Å²) in [5.74, 6) is -0.0801. The molecule has 0 saturated carbocycles. The van der Waals surface area contributed by atoms with E-state index in [-0.39, 0.29) is 16.2 Å². The number of para-hydroxylation sites is 1. The second kappa shape index (κ2) is 5.59. The largest absolute Gasteiger partial charge is 0.507 e. The van der Waals surface area contributed by atoms with E-state index in [4.69, 9.17) is 5.26 Å². The van der Waals surface area contributed by atoms with E-state index in [0.29, 0.717) is 0 Å². The predicted molar refractivity (Wildman–Crippen MR) is 75.3 cm³/mol. The molecule has 2 aromatic carbocycles. The molecule has 5 heteroatoms. The molecular formula is C15H11NO3S. The molecule has 20 heavy (non-hydrogen) atoms. The number of hydrogen-bond acceptors (Lipinski definition) is 4. The zero-order chi connectivity index (χ0) is 14.6. The zero-order valence-corrected chi connectivity index (χ0v) is 11.2. The number of benzene rings is 2. The van der Waals surface area contributed by atoms with Crippen molar-refractivity contribution in [2.75, 3.05) is 0 Å². The van der Waals surface area contributed by atoms with Gasteiger partial charge in [-0.05, 0) is 24.3 Å². The molecule has 0 amide bonds. The molecule has 0 saturated heterocycles. The summed E-state index contributed by atoms with van der Waals surface area (Å²) >= 11 is 0. The lowest BCUT2D eigenvalue weighted by molar-refractivity contribution is 0.474. The van der Waals surface area contributed by atoms with Crippen LogP contribution in [-0.4, -0.2) is 13.5 Å². The van der Waals surface area contributed by atoms with Gasteiger partial charge in [-0.2, -0.15) is 5.26 Å². The average Bonchev–Trinajstić information content (AvgIpc) is 2.47. The minimum absolute atomic E-state index is 0.0446. The Morgan fingerprint density at radius 2 is 1.65 bits per heavy atom. The molecule has 0 radical (unpaired) electrons.